The third kappa shape index (κ3) is 26.9. The van der Waals surface area contributed by atoms with E-state index in [2.05, 4.69) is 44.1 Å². The molecular formula is C52H91N7O13. The second-order valence-electron chi connectivity index (χ2n) is 21.6. The van der Waals surface area contributed by atoms with Crippen LogP contribution < -0.4 is 37.2 Å². The third-order valence-corrected chi connectivity index (χ3v) is 12.2. The van der Waals surface area contributed by atoms with Crippen LogP contribution in [-0.2, 0) is 52.7 Å². The fourth-order valence-corrected chi connectivity index (χ4v) is 8.45. The van der Waals surface area contributed by atoms with E-state index in [1.54, 1.807) is 55.4 Å². The minimum Gasteiger partial charge on any atom is -0.481 e. The van der Waals surface area contributed by atoms with Gasteiger partial charge < -0.3 is 52.2 Å². The molecular weight excluding hydrogens is 931 g/mol. The number of esters is 1. The zero-order valence-electron chi connectivity index (χ0n) is 45.1. The Balaban J connectivity index is 3.97. The van der Waals surface area contributed by atoms with Gasteiger partial charge in [-0.25, -0.2) is 4.79 Å². The van der Waals surface area contributed by atoms with Crippen molar-refractivity contribution < 1.29 is 62.9 Å². The average Bonchev–Trinajstić information content (AvgIpc) is 3.26. The number of unbranched alkanes of at least 4 members (excludes halogenated alkanes) is 8. The first kappa shape index (κ1) is 64.7. The fourth-order valence-electron chi connectivity index (χ4n) is 8.45. The predicted molar refractivity (Wildman–Crippen MR) is 272 cm³/mol. The van der Waals surface area contributed by atoms with Crippen molar-refractivity contribution in [2.75, 3.05) is 0 Å². The first-order chi connectivity index (χ1) is 33.7. The number of carboxylic acid groups (broad SMARTS) is 2. The second kappa shape index (κ2) is 34.2. The average molecular weight is 1020 g/mol. The van der Waals surface area contributed by atoms with E-state index in [0.717, 1.165) is 38.5 Å². The molecule has 0 aromatic carbocycles. The summed E-state index contributed by atoms with van der Waals surface area (Å²) in [5.41, 5.74) is 0. The van der Waals surface area contributed by atoms with Gasteiger partial charge in [-0.1, -0.05) is 128 Å². The van der Waals surface area contributed by atoms with E-state index in [1.807, 2.05) is 13.8 Å². The lowest BCUT2D eigenvalue weighted by molar-refractivity contribution is -0.155. The molecule has 1 fully saturated rings. The molecule has 0 radical (unpaired) electrons. The van der Waals surface area contributed by atoms with Crippen molar-refractivity contribution in [2.45, 2.75) is 240 Å². The minimum absolute atomic E-state index is 0.0401. The Morgan fingerprint density at radius 3 is 1.29 bits per heavy atom. The highest BCUT2D eigenvalue weighted by Crippen LogP contribution is 2.19. The number of nitrogens with one attached hydrogen (secondary N) is 7. The number of carbonyl (C=O) groups excluding carboxylic acids is 8. The van der Waals surface area contributed by atoms with Gasteiger partial charge >= 0.3 is 17.9 Å². The number of carboxylic acids is 2. The number of amides is 7. The summed E-state index contributed by atoms with van der Waals surface area (Å²) in [5.74, 6) is -10.8. The molecule has 1 heterocycles. The maximum absolute atomic E-state index is 14.2. The summed E-state index contributed by atoms with van der Waals surface area (Å²) in [4.78, 5) is 136. The lowest BCUT2D eigenvalue weighted by atomic mass is 9.98. The van der Waals surface area contributed by atoms with Gasteiger partial charge in [0.2, 0.25) is 41.4 Å². The lowest BCUT2D eigenvalue weighted by Gasteiger charge is -2.29. The Morgan fingerprint density at radius 2 is 0.861 bits per heavy atom. The Morgan fingerprint density at radius 1 is 0.472 bits per heavy atom. The number of aliphatic carboxylic acids is 2. The maximum atomic E-state index is 14.2. The number of hydrogen-bond acceptors (Lipinski definition) is 11. The molecule has 1 aliphatic rings. The van der Waals surface area contributed by atoms with Crippen LogP contribution in [-0.4, -0.2) is 118 Å². The molecule has 412 valence electrons. The van der Waals surface area contributed by atoms with Gasteiger partial charge in [0, 0.05) is 6.42 Å². The zero-order chi connectivity index (χ0) is 54.7. The van der Waals surface area contributed by atoms with Crippen molar-refractivity contribution in [3.8, 4) is 0 Å². The summed E-state index contributed by atoms with van der Waals surface area (Å²) in [6, 6.07) is -9.63. The summed E-state index contributed by atoms with van der Waals surface area (Å²) in [6.45, 7) is 19.8. The number of rotatable bonds is 24. The van der Waals surface area contributed by atoms with Crippen molar-refractivity contribution in [1.82, 2.24) is 37.2 Å². The number of ether oxygens (including phenoxy) is 1. The van der Waals surface area contributed by atoms with Crippen LogP contribution in [0, 0.1) is 29.6 Å². The van der Waals surface area contributed by atoms with E-state index in [-0.39, 0.29) is 62.2 Å². The highest BCUT2D eigenvalue weighted by molar-refractivity contribution is 5.98. The fraction of sp³-hybridized carbons (Fsp3) is 0.808. The van der Waals surface area contributed by atoms with E-state index >= 15 is 0 Å². The highest BCUT2D eigenvalue weighted by atomic mass is 16.5. The van der Waals surface area contributed by atoms with Gasteiger partial charge in [0.05, 0.1) is 12.8 Å². The van der Waals surface area contributed by atoms with Gasteiger partial charge in [0.15, 0.2) is 0 Å². The molecule has 0 bridgehead atoms. The van der Waals surface area contributed by atoms with E-state index < -0.39 is 133 Å². The van der Waals surface area contributed by atoms with Crippen molar-refractivity contribution in [3.63, 3.8) is 0 Å². The van der Waals surface area contributed by atoms with E-state index in [4.69, 9.17) is 4.74 Å². The molecule has 72 heavy (non-hydrogen) atoms. The van der Waals surface area contributed by atoms with Crippen molar-refractivity contribution in [2.24, 2.45) is 29.6 Å². The number of carbonyl (C=O) groups is 10. The van der Waals surface area contributed by atoms with Gasteiger partial charge in [-0.2, -0.15) is 0 Å². The first-order valence-electron chi connectivity index (χ1n) is 26.5. The molecule has 9 N–H and O–H groups in total. The lowest BCUT2D eigenvalue weighted by Crippen LogP contribution is -2.61. The van der Waals surface area contributed by atoms with E-state index in [0.29, 0.717) is 6.42 Å². The molecule has 7 amide bonds. The monoisotopic (exact) mass is 1020 g/mol. The number of hydrogen-bond donors (Lipinski definition) is 9. The molecule has 1 saturated heterocycles. The Hall–Kier alpha value is -5.30. The van der Waals surface area contributed by atoms with Crippen LogP contribution in [0.4, 0.5) is 0 Å². The third-order valence-electron chi connectivity index (χ3n) is 12.2. The Kier molecular flexibility index (Phi) is 30.7. The van der Waals surface area contributed by atoms with Gasteiger partial charge in [-0.15, -0.1) is 0 Å². The van der Waals surface area contributed by atoms with Crippen molar-refractivity contribution >= 4 is 59.3 Å². The molecule has 0 saturated carbocycles. The summed E-state index contributed by atoms with van der Waals surface area (Å²) in [6.07, 6.45) is 6.23. The van der Waals surface area contributed by atoms with Gasteiger partial charge in [0.1, 0.15) is 48.4 Å². The second-order valence-corrected chi connectivity index (χ2v) is 21.6. The van der Waals surface area contributed by atoms with Crippen LogP contribution in [0.1, 0.15) is 192 Å². The molecule has 0 spiro atoms. The maximum Gasteiger partial charge on any atom is 0.328 e. The van der Waals surface area contributed by atoms with Crippen LogP contribution in [0.5, 0.6) is 0 Å². The van der Waals surface area contributed by atoms with Crippen LogP contribution >= 0.6 is 0 Å². The largest absolute Gasteiger partial charge is 0.481 e. The molecule has 0 unspecified atom stereocenters. The minimum atomic E-state index is -1.72. The van der Waals surface area contributed by atoms with Gasteiger partial charge in [0.25, 0.3) is 0 Å². The first-order valence-corrected chi connectivity index (χ1v) is 26.5. The van der Waals surface area contributed by atoms with Gasteiger partial charge in [-0.05, 0) is 74.5 Å². The van der Waals surface area contributed by atoms with E-state index in [9.17, 15) is 58.2 Å². The van der Waals surface area contributed by atoms with Crippen molar-refractivity contribution in [1.29, 1.82) is 0 Å². The van der Waals surface area contributed by atoms with Crippen LogP contribution in [0.3, 0.4) is 0 Å². The highest BCUT2D eigenvalue weighted by Gasteiger charge is 2.37. The molecule has 0 aromatic rings. The molecule has 8 atom stereocenters. The molecule has 20 heteroatoms. The molecule has 0 aromatic heterocycles. The topological polar surface area (TPSA) is 305 Å². The van der Waals surface area contributed by atoms with Crippen molar-refractivity contribution in [3.05, 3.63) is 0 Å². The SMILES string of the molecule is CCCCCCCCCCC[C@H]1CC(=O)N[C@@H](CCC(=O)O)C(=O)N[C@@H](CC(C)C)C(=O)N[C@H](CC(C)C)C(=O)N[C@@H](C(C)C)C(=O)N[C@@H](CC(=O)O)C(=O)N[C@H](CC(C)C)C(=O)N[C@@H](CC(C)C)C(=O)O1. The normalized spacial score (nSPS) is 24.1. The summed E-state index contributed by atoms with van der Waals surface area (Å²) >= 11 is 0. The zero-order valence-corrected chi connectivity index (χ0v) is 45.1. The standard InChI is InChI=1S/C52H91N7O13/c1-12-13-14-15-16-17-18-19-20-21-35-28-42(60)53-36(22-23-43(61)62)46(65)54-37(24-30(2)3)47(66)56-39(26-32(6)7)50(69)59-45(34(10)11)51(70)57-40(29-44(63)64)49(68)55-38(25-31(4)5)48(67)58-41(27-33(8)9)52(71)72-35/h30-41,45H,12-29H2,1-11H3,(H,53,60)(H,54,65)(H,55,68)(H,56,66)(H,57,70)(H,58,67)(H,59,69)(H,61,62)(H,63,64)/t35-,36-,37-,38+,39+,40-,41-,45-/m0/s1. The van der Waals surface area contributed by atoms with Crippen LogP contribution in [0.2, 0.25) is 0 Å². The molecule has 1 aliphatic heterocycles. The van der Waals surface area contributed by atoms with E-state index in [1.165, 1.54) is 12.8 Å². The summed E-state index contributed by atoms with van der Waals surface area (Å²) in [7, 11) is 0. The molecule has 20 nitrogen and oxygen atoms in total. The van der Waals surface area contributed by atoms with Crippen LogP contribution in [0.25, 0.3) is 0 Å². The van der Waals surface area contributed by atoms with Crippen LogP contribution in [0.15, 0.2) is 0 Å². The smallest absolute Gasteiger partial charge is 0.328 e. The quantitative estimate of drug-likeness (QED) is 0.0465. The summed E-state index contributed by atoms with van der Waals surface area (Å²) in [5, 5.41) is 37.9. The predicted octanol–water partition coefficient (Wildman–Crippen LogP) is 4.80. The molecule has 0 aliphatic carbocycles. The summed E-state index contributed by atoms with van der Waals surface area (Å²) < 4.78 is 6.03. The Labute approximate surface area is 428 Å². The number of cyclic esters (lactones) is 1. The van der Waals surface area contributed by atoms with Gasteiger partial charge in [-0.3, -0.25) is 43.2 Å². The molecule has 1 rings (SSSR count). The Bertz CT molecular complexity index is 1770.